The van der Waals surface area contributed by atoms with Crippen molar-refractivity contribution in [3.63, 3.8) is 0 Å². The van der Waals surface area contributed by atoms with Gasteiger partial charge in [0.1, 0.15) is 11.4 Å². The van der Waals surface area contributed by atoms with Gasteiger partial charge in [-0.25, -0.2) is 9.78 Å². The number of nitrogens with zero attached hydrogens (tertiary/aromatic N) is 6. The number of rotatable bonds is 4. The molecule has 1 atom stereocenters. The van der Waals surface area contributed by atoms with Gasteiger partial charge in [0, 0.05) is 55.5 Å². The van der Waals surface area contributed by atoms with Gasteiger partial charge in [0.2, 0.25) is 0 Å². The van der Waals surface area contributed by atoms with E-state index in [9.17, 15) is 4.79 Å². The number of piperidine rings is 2. The summed E-state index contributed by atoms with van der Waals surface area (Å²) in [6, 6.07) is 2.50. The van der Waals surface area contributed by atoms with Gasteiger partial charge in [-0.15, -0.1) is 0 Å². The maximum atomic E-state index is 12.8. The monoisotopic (exact) mass is 480 g/mol. The molecule has 0 spiro atoms. The lowest BCUT2D eigenvalue weighted by Gasteiger charge is -2.34. The van der Waals surface area contributed by atoms with Crippen LogP contribution in [0.2, 0.25) is 0 Å². The highest BCUT2D eigenvalue weighted by Crippen LogP contribution is 2.32. The van der Waals surface area contributed by atoms with Crippen LogP contribution in [-0.4, -0.2) is 73.2 Å². The predicted molar refractivity (Wildman–Crippen MR) is 134 cm³/mol. The van der Waals surface area contributed by atoms with E-state index >= 15 is 0 Å². The van der Waals surface area contributed by atoms with Crippen molar-refractivity contribution in [2.45, 2.75) is 64.0 Å². The Balaban J connectivity index is 1.49. The van der Waals surface area contributed by atoms with Crippen molar-refractivity contribution in [1.29, 1.82) is 0 Å². The van der Waals surface area contributed by atoms with E-state index in [0.717, 1.165) is 67.1 Å². The Bertz CT molecular complexity index is 1190. The van der Waals surface area contributed by atoms with Gasteiger partial charge in [0.25, 0.3) is 0 Å². The Morgan fingerprint density at radius 3 is 2.69 bits per heavy atom. The second kappa shape index (κ2) is 9.49. The molecule has 188 valence electrons. The van der Waals surface area contributed by atoms with Crippen molar-refractivity contribution in [2.75, 3.05) is 31.5 Å². The molecule has 2 aliphatic rings. The van der Waals surface area contributed by atoms with Gasteiger partial charge in [-0.3, -0.25) is 4.68 Å². The van der Waals surface area contributed by atoms with E-state index in [1.54, 1.807) is 4.68 Å². The van der Waals surface area contributed by atoms with Crippen LogP contribution in [0, 0.1) is 0 Å². The predicted octanol–water partition coefficient (Wildman–Crippen LogP) is 3.41. The first-order valence-corrected chi connectivity index (χ1v) is 12.6. The summed E-state index contributed by atoms with van der Waals surface area (Å²) < 4.78 is 9.34. The standard InChI is InChI=1S/C25H36N8O2/c1-25(2,3)35-24(34)32-11-5-6-17(16-32)21-12-22(29-19-7-9-26-10-8-19)33-23(30-21)20(14-28-33)18-13-27-31(4)15-18/h12-15,17,19,26,29H,5-11,16H2,1-4H3. The van der Waals surface area contributed by atoms with Gasteiger partial charge in [-0.05, 0) is 59.5 Å². The lowest BCUT2D eigenvalue weighted by Crippen LogP contribution is -2.42. The number of carbonyl (C=O) groups excluding carboxylic acids is 1. The second-order valence-corrected chi connectivity index (χ2v) is 10.7. The molecule has 10 nitrogen and oxygen atoms in total. The highest BCUT2D eigenvalue weighted by atomic mass is 16.6. The largest absolute Gasteiger partial charge is 0.444 e. The molecule has 0 saturated carbocycles. The first kappa shape index (κ1) is 23.6. The smallest absolute Gasteiger partial charge is 0.410 e. The average Bonchev–Trinajstić information content (AvgIpc) is 3.45. The molecule has 2 fully saturated rings. The number of fused-ring (bicyclic) bond motifs is 1. The number of hydrogen-bond acceptors (Lipinski definition) is 7. The molecule has 35 heavy (non-hydrogen) atoms. The van der Waals surface area contributed by atoms with E-state index < -0.39 is 5.60 Å². The Kier molecular flexibility index (Phi) is 6.39. The van der Waals surface area contributed by atoms with Crippen molar-refractivity contribution in [1.82, 2.24) is 34.6 Å². The van der Waals surface area contributed by atoms with Gasteiger partial charge in [0.15, 0.2) is 5.65 Å². The van der Waals surface area contributed by atoms with Crippen molar-refractivity contribution in [3.05, 3.63) is 30.4 Å². The van der Waals surface area contributed by atoms with Crippen LogP contribution >= 0.6 is 0 Å². The first-order chi connectivity index (χ1) is 16.8. The molecule has 10 heteroatoms. The fourth-order valence-electron chi connectivity index (χ4n) is 4.94. The number of anilines is 1. The molecule has 1 unspecified atom stereocenters. The third-order valence-corrected chi connectivity index (χ3v) is 6.69. The van der Waals surface area contributed by atoms with Gasteiger partial charge in [-0.1, -0.05) is 0 Å². The SMILES string of the molecule is Cn1cc(-c2cnn3c(NC4CCNCC4)cc(C4CCCN(C(=O)OC(C)(C)C)C4)nc23)cn1. The van der Waals surface area contributed by atoms with Crippen LogP contribution in [0.25, 0.3) is 16.8 Å². The van der Waals surface area contributed by atoms with Crippen LogP contribution in [-0.2, 0) is 11.8 Å². The van der Waals surface area contributed by atoms with Crippen LogP contribution in [0.15, 0.2) is 24.7 Å². The Hall–Kier alpha value is -3.14. The number of hydrogen-bond donors (Lipinski definition) is 2. The van der Waals surface area contributed by atoms with E-state index in [1.807, 2.05) is 55.8 Å². The molecule has 2 aliphatic heterocycles. The maximum Gasteiger partial charge on any atom is 0.410 e. The molecule has 0 radical (unpaired) electrons. The molecule has 1 amide bonds. The summed E-state index contributed by atoms with van der Waals surface area (Å²) in [6.07, 6.45) is 9.46. The maximum absolute atomic E-state index is 12.8. The molecule has 5 rings (SSSR count). The zero-order chi connectivity index (χ0) is 24.6. The molecule has 0 bridgehead atoms. The minimum absolute atomic E-state index is 0.131. The summed E-state index contributed by atoms with van der Waals surface area (Å²) in [6.45, 7) is 9.03. The fraction of sp³-hybridized carbons (Fsp3) is 0.600. The zero-order valence-electron chi connectivity index (χ0n) is 21.1. The highest BCUT2D eigenvalue weighted by Gasteiger charge is 2.30. The molecule has 0 aliphatic carbocycles. The van der Waals surface area contributed by atoms with Crippen LogP contribution in [0.5, 0.6) is 0 Å². The fourth-order valence-corrected chi connectivity index (χ4v) is 4.94. The average molecular weight is 481 g/mol. The zero-order valence-corrected chi connectivity index (χ0v) is 21.1. The minimum atomic E-state index is -0.511. The molecule has 2 N–H and O–H groups in total. The van der Waals surface area contributed by atoms with Crippen LogP contribution in [0.4, 0.5) is 10.6 Å². The summed E-state index contributed by atoms with van der Waals surface area (Å²) in [7, 11) is 1.91. The molecule has 2 saturated heterocycles. The lowest BCUT2D eigenvalue weighted by molar-refractivity contribution is 0.0197. The number of aryl methyl sites for hydroxylation is 1. The summed E-state index contributed by atoms with van der Waals surface area (Å²) in [4.78, 5) is 19.7. The van der Waals surface area contributed by atoms with E-state index in [0.29, 0.717) is 19.1 Å². The van der Waals surface area contributed by atoms with Crippen molar-refractivity contribution in [3.8, 4) is 11.1 Å². The summed E-state index contributed by atoms with van der Waals surface area (Å²) >= 11 is 0. The Morgan fingerprint density at radius 2 is 1.97 bits per heavy atom. The van der Waals surface area contributed by atoms with Crippen LogP contribution in [0.3, 0.4) is 0 Å². The van der Waals surface area contributed by atoms with Crippen molar-refractivity contribution >= 4 is 17.6 Å². The quantitative estimate of drug-likeness (QED) is 0.590. The topological polar surface area (TPSA) is 102 Å². The highest BCUT2D eigenvalue weighted by molar-refractivity contribution is 5.77. The molecule has 0 aromatic carbocycles. The normalized spacial score (nSPS) is 19.8. The second-order valence-electron chi connectivity index (χ2n) is 10.7. The van der Waals surface area contributed by atoms with Crippen molar-refractivity contribution in [2.24, 2.45) is 7.05 Å². The van der Waals surface area contributed by atoms with Crippen LogP contribution < -0.4 is 10.6 Å². The number of aromatic nitrogens is 5. The number of amides is 1. The van der Waals surface area contributed by atoms with Gasteiger partial charge < -0.3 is 20.3 Å². The molecule has 3 aromatic rings. The number of nitrogens with one attached hydrogen (secondary N) is 2. The van der Waals surface area contributed by atoms with E-state index in [-0.39, 0.29) is 12.0 Å². The lowest BCUT2D eigenvalue weighted by atomic mass is 9.94. The summed E-state index contributed by atoms with van der Waals surface area (Å²) in [5.41, 5.74) is 3.21. The number of ether oxygens (including phenoxy) is 1. The van der Waals surface area contributed by atoms with E-state index in [2.05, 4.69) is 21.8 Å². The summed E-state index contributed by atoms with van der Waals surface area (Å²) in [5.74, 6) is 1.08. The third kappa shape index (κ3) is 5.27. The number of likely N-dealkylation sites (tertiary alicyclic amines) is 1. The van der Waals surface area contributed by atoms with Gasteiger partial charge in [-0.2, -0.15) is 14.7 Å². The molecule has 3 aromatic heterocycles. The Labute approximate surface area is 206 Å². The Morgan fingerprint density at radius 1 is 1.17 bits per heavy atom. The number of carbonyl (C=O) groups is 1. The van der Waals surface area contributed by atoms with Gasteiger partial charge in [0.05, 0.1) is 18.1 Å². The minimum Gasteiger partial charge on any atom is -0.444 e. The van der Waals surface area contributed by atoms with Gasteiger partial charge >= 0.3 is 6.09 Å². The molecular formula is C25H36N8O2. The third-order valence-electron chi connectivity index (χ3n) is 6.69. The summed E-state index contributed by atoms with van der Waals surface area (Å²) in [5, 5.41) is 16.2. The van der Waals surface area contributed by atoms with Crippen LogP contribution in [0.1, 0.15) is 58.1 Å². The first-order valence-electron chi connectivity index (χ1n) is 12.6. The van der Waals surface area contributed by atoms with E-state index in [1.165, 1.54) is 0 Å². The molecule has 5 heterocycles. The van der Waals surface area contributed by atoms with E-state index in [4.69, 9.17) is 14.8 Å². The van der Waals surface area contributed by atoms with Crippen molar-refractivity contribution < 1.29 is 9.53 Å². The molecular weight excluding hydrogens is 444 g/mol.